The predicted octanol–water partition coefficient (Wildman–Crippen LogP) is 2.04. The number of anilines is 2. The van der Waals surface area contributed by atoms with Gasteiger partial charge < -0.3 is 25.6 Å². The number of ether oxygens (including phenoxy) is 1. The zero-order chi connectivity index (χ0) is 20.3. The van der Waals surface area contributed by atoms with E-state index in [9.17, 15) is 4.79 Å². The minimum absolute atomic E-state index is 0.215. The van der Waals surface area contributed by atoms with E-state index in [0.717, 1.165) is 57.1 Å². The van der Waals surface area contributed by atoms with Gasteiger partial charge in [-0.3, -0.25) is 4.90 Å². The van der Waals surface area contributed by atoms with Crippen molar-refractivity contribution in [3.8, 4) is 0 Å². The summed E-state index contributed by atoms with van der Waals surface area (Å²) in [5, 5.41) is 3.39. The number of rotatable bonds is 3. The van der Waals surface area contributed by atoms with Crippen LogP contribution in [0.2, 0.25) is 0 Å². The van der Waals surface area contributed by atoms with Gasteiger partial charge in [0.15, 0.2) is 0 Å². The second kappa shape index (κ2) is 8.57. The number of benzene rings is 1. The average Bonchev–Trinajstić information content (AvgIpc) is 2.65. The zero-order valence-electron chi connectivity index (χ0n) is 17.8. The molecule has 2 aliphatic rings. The normalized spacial score (nSPS) is 19.0. The lowest BCUT2D eigenvalue weighted by molar-refractivity contribution is 0.0139. The first-order valence-electron chi connectivity index (χ1n) is 10.3. The molecule has 2 fully saturated rings. The summed E-state index contributed by atoms with van der Waals surface area (Å²) in [5.41, 5.74) is 10.4. The lowest BCUT2D eigenvalue weighted by Gasteiger charge is -2.36. The van der Waals surface area contributed by atoms with Crippen molar-refractivity contribution in [2.24, 2.45) is 0 Å². The average molecular weight is 390 g/mol. The Morgan fingerprint density at radius 1 is 1.11 bits per heavy atom. The van der Waals surface area contributed by atoms with Crippen LogP contribution >= 0.6 is 0 Å². The second-order valence-corrected chi connectivity index (χ2v) is 8.80. The molecule has 1 amide bonds. The van der Waals surface area contributed by atoms with Gasteiger partial charge in [-0.15, -0.1) is 0 Å². The van der Waals surface area contributed by atoms with E-state index in [4.69, 9.17) is 10.5 Å². The number of piperazine rings is 2. The van der Waals surface area contributed by atoms with Crippen LogP contribution in [0.1, 0.15) is 31.9 Å². The number of nitrogens with zero attached hydrogens (tertiary/aromatic N) is 3. The van der Waals surface area contributed by atoms with Crippen LogP contribution in [0, 0.1) is 6.92 Å². The van der Waals surface area contributed by atoms with Crippen molar-refractivity contribution in [1.29, 1.82) is 0 Å². The molecule has 2 heterocycles. The van der Waals surface area contributed by atoms with Crippen molar-refractivity contribution in [2.45, 2.75) is 39.8 Å². The Kier molecular flexibility index (Phi) is 6.35. The number of carbonyl (C=O) groups excluding carboxylic acids is 1. The molecule has 0 aromatic heterocycles. The van der Waals surface area contributed by atoms with E-state index in [2.05, 4.69) is 34.2 Å². The van der Waals surface area contributed by atoms with Crippen LogP contribution in [0.15, 0.2) is 12.1 Å². The Hall–Kier alpha value is -1.99. The van der Waals surface area contributed by atoms with Gasteiger partial charge in [-0.25, -0.2) is 4.79 Å². The van der Waals surface area contributed by atoms with Crippen molar-refractivity contribution in [1.82, 2.24) is 15.1 Å². The largest absolute Gasteiger partial charge is 0.444 e. The van der Waals surface area contributed by atoms with E-state index in [1.54, 1.807) is 4.90 Å². The number of hydrogen-bond donors (Lipinski definition) is 2. The van der Waals surface area contributed by atoms with Crippen molar-refractivity contribution in [3.63, 3.8) is 0 Å². The van der Waals surface area contributed by atoms with Gasteiger partial charge >= 0.3 is 6.09 Å². The molecule has 7 nitrogen and oxygen atoms in total. The Balaban J connectivity index is 1.61. The Bertz CT molecular complexity index is 687. The second-order valence-electron chi connectivity index (χ2n) is 8.80. The van der Waals surface area contributed by atoms with Gasteiger partial charge in [-0.2, -0.15) is 0 Å². The van der Waals surface area contributed by atoms with E-state index >= 15 is 0 Å². The summed E-state index contributed by atoms with van der Waals surface area (Å²) in [7, 11) is 0. The minimum atomic E-state index is -0.451. The van der Waals surface area contributed by atoms with Crippen LogP contribution < -0.4 is 16.0 Å². The third kappa shape index (κ3) is 5.29. The van der Waals surface area contributed by atoms with Crippen LogP contribution in [0.3, 0.4) is 0 Å². The van der Waals surface area contributed by atoms with Gasteiger partial charge in [0.1, 0.15) is 5.60 Å². The lowest BCUT2D eigenvalue weighted by atomic mass is 10.0. The number of amides is 1. The Morgan fingerprint density at radius 3 is 2.36 bits per heavy atom. The van der Waals surface area contributed by atoms with Crippen molar-refractivity contribution >= 4 is 17.5 Å². The molecule has 0 radical (unpaired) electrons. The fourth-order valence-corrected chi connectivity index (χ4v) is 3.71. The molecule has 0 bridgehead atoms. The maximum atomic E-state index is 12.3. The fourth-order valence-electron chi connectivity index (χ4n) is 3.71. The van der Waals surface area contributed by atoms with Crippen LogP contribution in [0.25, 0.3) is 0 Å². The van der Waals surface area contributed by atoms with E-state index in [1.165, 1.54) is 11.3 Å². The summed E-state index contributed by atoms with van der Waals surface area (Å²) in [6.45, 7) is 15.8. The first-order valence-corrected chi connectivity index (χ1v) is 10.3. The van der Waals surface area contributed by atoms with E-state index in [0.29, 0.717) is 13.1 Å². The number of carbonyl (C=O) groups is 1. The molecular weight excluding hydrogens is 354 g/mol. The SMILES string of the molecule is Cc1c(N)cc(N2CCNCC2)cc1CN1CCN(C(=O)OC(C)(C)C)CC1. The summed E-state index contributed by atoms with van der Waals surface area (Å²) in [6.07, 6.45) is -0.215. The third-order valence-electron chi connectivity index (χ3n) is 5.44. The summed E-state index contributed by atoms with van der Waals surface area (Å²) < 4.78 is 5.49. The molecule has 1 aromatic rings. The van der Waals surface area contributed by atoms with Crippen LogP contribution in [0.5, 0.6) is 0 Å². The molecule has 0 spiro atoms. The molecule has 0 unspecified atom stereocenters. The topological polar surface area (TPSA) is 74.1 Å². The molecular formula is C21H35N5O2. The van der Waals surface area contributed by atoms with Crippen LogP contribution in [-0.2, 0) is 11.3 Å². The third-order valence-corrected chi connectivity index (χ3v) is 5.44. The predicted molar refractivity (Wildman–Crippen MR) is 114 cm³/mol. The van der Waals surface area contributed by atoms with Crippen molar-refractivity contribution in [2.75, 3.05) is 63.0 Å². The molecule has 3 rings (SSSR count). The molecule has 1 aromatic carbocycles. The van der Waals surface area contributed by atoms with Crippen LogP contribution in [0.4, 0.5) is 16.2 Å². The van der Waals surface area contributed by atoms with Crippen molar-refractivity contribution < 1.29 is 9.53 Å². The minimum Gasteiger partial charge on any atom is -0.444 e. The molecule has 0 saturated carbocycles. The number of nitrogens with two attached hydrogens (primary N) is 1. The van der Waals surface area contributed by atoms with Gasteiger partial charge in [0, 0.05) is 70.3 Å². The summed E-state index contributed by atoms with van der Waals surface area (Å²) in [6, 6.07) is 4.39. The quantitative estimate of drug-likeness (QED) is 0.771. The van der Waals surface area contributed by atoms with Gasteiger partial charge in [0.05, 0.1) is 0 Å². The van der Waals surface area contributed by atoms with Crippen LogP contribution in [-0.4, -0.2) is 73.9 Å². The Morgan fingerprint density at radius 2 is 1.75 bits per heavy atom. The molecule has 0 atom stereocenters. The number of hydrogen-bond acceptors (Lipinski definition) is 6. The summed E-state index contributed by atoms with van der Waals surface area (Å²) in [5.74, 6) is 0. The van der Waals surface area contributed by atoms with Gasteiger partial charge in [-0.05, 0) is 51.0 Å². The highest BCUT2D eigenvalue weighted by Gasteiger charge is 2.26. The maximum absolute atomic E-state index is 12.3. The Labute approximate surface area is 168 Å². The molecule has 2 saturated heterocycles. The van der Waals surface area contributed by atoms with Gasteiger partial charge in [0.2, 0.25) is 0 Å². The molecule has 28 heavy (non-hydrogen) atoms. The summed E-state index contributed by atoms with van der Waals surface area (Å²) in [4.78, 5) is 18.9. The first-order chi connectivity index (χ1) is 13.2. The monoisotopic (exact) mass is 389 g/mol. The molecule has 156 valence electrons. The van der Waals surface area contributed by atoms with Crippen molar-refractivity contribution in [3.05, 3.63) is 23.3 Å². The molecule has 3 N–H and O–H groups in total. The standard InChI is InChI=1S/C21H35N5O2/c1-16-17(13-18(14-19(16)22)25-7-5-23-6-8-25)15-24-9-11-26(12-10-24)20(27)28-21(2,3)4/h13-14,23H,5-12,15,22H2,1-4H3. The summed E-state index contributed by atoms with van der Waals surface area (Å²) >= 11 is 0. The smallest absolute Gasteiger partial charge is 0.410 e. The highest BCUT2D eigenvalue weighted by molar-refractivity contribution is 5.68. The molecule has 7 heteroatoms. The highest BCUT2D eigenvalue weighted by Crippen LogP contribution is 2.27. The van der Waals surface area contributed by atoms with Gasteiger partial charge in [0.25, 0.3) is 0 Å². The fraction of sp³-hybridized carbons (Fsp3) is 0.667. The maximum Gasteiger partial charge on any atom is 0.410 e. The number of nitrogens with one attached hydrogen (secondary N) is 1. The lowest BCUT2D eigenvalue weighted by Crippen LogP contribution is -2.49. The van der Waals surface area contributed by atoms with E-state index < -0.39 is 5.60 Å². The molecule has 2 aliphatic heterocycles. The highest BCUT2D eigenvalue weighted by atomic mass is 16.6. The number of nitrogen functional groups attached to an aromatic ring is 1. The first kappa shape index (κ1) is 20.7. The molecule has 0 aliphatic carbocycles. The van der Waals surface area contributed by atoms with Gasteiger partial charge in [-0.1, -0.05) is 0 Å². The zero-order valence-corrected chi connectivity index (χ0v) is 17.8. The van der Waals surface area contributed by atoms with E-state index in [1.807, 2.05) is 20.8 Å². The van der Waals surface area contributed by atoms with E-state index in [-0.39, 0.29) is 6.09 Å².